The number of aromatic nitrogens is 2. The Morgan fingerprint density at radius 3 is 2.70 bits per heavy atom. The van der Waals surface area contributed by atoms with Gasteiger partial charge in [-0.25, -0.2) is 14.8 Å². The summed E-state index contributed by atoms with van der Waals surface area (Å²) in [5, 5.41) is 12.1. The van der Waals surface area contributed by atoms with Crippen molar-refractivity contribution in [3.05, 3.63) is 41.7 Å². The first-order valence-corrected chi connectivity index (χ1v) is 7.73. The molecule has 1 atom stereocenters. The molecule has 0 radical (unpaired) electrons. The molecule has 0 bridgehead atoms. The van der Waals surface area contributed by atoms with Crippen LogP contribution in [0.4, 0.5) is 5.82 Å². The SMILES string of the molecule is Cc1ccc(C(CNc2cnc(C(=O)O)cn2)N2CCCC2)o1. The number of hydrogen-bond donors (Lipinski definition) is 2. The van der Waals surface area contributed by atoms with Crippen LogP contribution in [0.1, 0.15) is 40.9 Å². The second kappa shape index (κ2) is 6.78. The molecule has 3 rings (SSSR count). The van der Waals surface area contributed by atoms with Gasteiger partial charge in [0.25, 0.3) is 0 Å². The van der Waals surface area contributed by atoms with E-state index in [1.165, 1.54) is 25.2 Å². The van der Waals surface area contributed by atoms with E-state index in [1.807, 2.05) is 19.1 Å². The molecule has 122 valence electrons. The predicted molar refractivity (Wildman–Crippen MR) is 84.5 cm³/mol. The zero-order valence-electron chi connectivity index (χ0n) is 13.0. The Labute approximate surface area is 134 Å². The van der Waals surface area contributed by atoms with E-state index in [1.54, 1.807) is 0 Å². The van der Waals surface area contributed by atoms with Crippen molar-refractivity contribution in [2.45, 2.75) is 25.8 Å². The Morgan fingerprint density at radius 2 is 2.13 bits per heavy atom. The molecule has 0 amide bonds. The van der Waals surface area contributed by atoms with Crippen molar-refractivity contribution in [2.24, 2.45) is 0 Å². The fourth-order valence-electron chi connectivity index (χ4n) is 2.83. The summed E-state index contributed by atoms with van der Waals surface area (Å²) in [6, 6.07) is 4.12. The van der Waals surface area contributed by atoms with E-state index in [-0.39, 0.29) is 11.7 Å². The number of likely N-dealkylation sites (tertiary alicyclic amines) is 1. The molecule has 1 unspecified atom stereocenters. The zero-order valence-corrected chi connectivity index (χ0v) is 13.0. The lowest BCUT2D eigenvalue weighted by molar-refractivity contribution is 0.0690. The van der Waals surface area contributed by atoms with Crippen molar-refractivity contribution >= 4 is 11.8 Å². The van der Waals surface area contributed by atoms with E-state index in [0.29, 0.717) is 12.4 Å². The summed E-state index contributed by atoms with van der Waals surface area (Å²) in [6.45, 7) is 4.67. The molecule has 1 fully saturated rings. The zero-order chi connectivity index (χ0) is 16.2. The molecule has 0 saturated carbocycles. The summed E-state index contributed by atoms with van der Waals surface area (Å²) in [6.07, 6.45) is 5.09. The topological polar surface area (TPSA) is 91.5 Å². The lowest BCUT2D eigenvalue weighted by atomic mass is 10.2. The Hall–Kier alpha value is -2.41. The smallest absolute Gasteiger partial charge is 0.356 e. The number of nitrogens with one attached hydrogen (secondary N) is 1. The van der Waals surface area contributed by atoms with E-state index in [2.05, 4.69) is 20.2 Å². The van der Waals surface area contributed by atoms with Gasteiger partial charge in [-0.15, -0.1) is 0 Å². The van der Waals surface area contributed by atoms with Crippen LogP contribution in [0.15, 0.2) is 28.9 Å². The molecule has 1 aliphatic rings. The molecule has 0 spiro atoms. The molecular formula is C16H20N4O3. The second-order valence-corrected chi connectivity index (χ2v) is 5.68. The number of carbonyl (C=O) groups is 1. The Kier molecular flexibility index (Phi) is 4.57. The first-order valence-electron chi connectivity index (χ1n) is 7.73. The molecule has 2 N–H and O–H groups in total. The van der Waals surface area contributed by atoms with Crippen LogP contribution in [-0.2, 0) is 0 Å². The number of rotatable bonds is 6. The first-order chi connectivity index (χ1) is 11.1. The fourth-order valence-corrected chi connectivity index (χ4v) is 2.83. The summed E-state index contributed by atoms with van der Waals surface area (Å²) >= 11 is 0. The average molecular weight is 316 g/mol. The van der Waals surface area contributed by atoms with Crippen molar-refractivity contribution in [1.82, 2.24) is 14.9 Å². The van der Waals surface area contributed by atoms with Crippen LogP contribution in [0.3, 0.4) is 0 Å². The maximum atomic E-state index is 10.8. The van der Waals surface area contributed by atoms with Crippen molar-refractivity contribution < 1.29 is 14.3 Å². The van der Waals surface area contributed by atoms with Crippen LogP contribution in [0.5, 0.6) is 0 Å². The van der Waals surface area contributed by atoms with Gasteiger partial charge in [0.05, 0.1) is 18.4 Å². The number of anilines is 1. The van der Waals surface area contributed by atoms with Gasteiger partial charge in [-0.2, -0.15) is 0 Å². The largest absolute Gasteiger partial charge is 0.476 e. The van der Waals surface area contributed by atoms with Crippen LogP contribution < -0.4 is 5.32 Å². The summed E-state index contributed by atoms with van der Waals surface area (Å²) in [5.41, 5.74) is -0.0618. The lowest BCUT2D eigenvalue weighted by Gasteiger charge is -2.26. The molecule has 0 aromatic carbocycles. The number of carboxylic acid groups (broad SMARTS) is 1. The van der Waals surface area contributed by atoms with Crippen LogP contribution >= 0.6 is 0 Å². The average Bonchev–Trinajstić information content (AvgIpc) is 3.20. The van der Waals surface area contributed by atoms with E-state index >= 15 is 0 Å². The molecule has 1 saturated heterocycles. The van der Waals surface area contributed by atoms with E-state index in [4.69, 9.17) is 9.52 Å². The number of furan rings is 1. The normalized spacial score (nSPS) is 16.4. The summed E-state index contributed by atoms with van der Waals surface area (Å²) in [7, 11) is 0. The van der Waals surface area contributed by atoms with Gasteiger partial charge in [-0.1, -0.05) is 0 Å². The summed E-state index contributed by atoms with van der Waals surface area (Å²) in [5.74, 6) is 1.31. The highest BCUT2D eigenvalue weighted by atomic mass is 16.4. The number of nitrogens with zero attached hydrogens (tertiary/aromatic N) is 3. The van der Waals surface area contributed by atoms with E-state index in [0.717, 1.165) is 24.6 Å². The van der Waals surface area contributed by atoms with E-state index in [9.17, 15) is 4.79 Å². The molecule has 0 aliphatic carbocycles. The second-order valence-electron chi connectivity index (χ2n) is 5.68. The minimum absolute atomic E-state index is 0.0618. The van der Waals surface area contributed by atoms with Gasteiger partial charge in [0, 0.05) is 6.54 Å². The maximum absolute atomic E-state index is 10.8. The summed E-state index contributed by atoms with van der Waals surface area (Å²) in [4.78, 5) is 21.2. The van der Waals surface area contributed by atoms with Gasteiger partial charge in [-0.3, -0.25) is 4.90 Å². The van der Waals surface area contributed by atoms with Crippen molar-refractivity contribution in [1.29, 1.82) is 0 Å². The number of aryl methyl sites for hydroxylation is 1. The van der Waals surface area contributed by atoms with Gasteiger partial charge in [-0.05, 0) is 45.0 Å². The van der Waals surface area contributed by atoms with Crippen LogP contribution in [0.25, 0.3) is 0 Å². The highest BCUT2D eigenvalue weighted by Gasteiger charge is 2.25. The van der Waals surface area contributed by atoms with E-state index < -0.39 is 5.97 Å². The van der Waals surface area contributed by atoms with Gasteiger partial charge < -0.3 is 14.8 Å². The highest BCUT2D eigenvalue weighted by Crippen LogP contribution is 2.26. The molecule has 2 aromatic heterocycles. The molecule has 1 aliphatic heterocycles. The van der Waals surface area contributed by atoms with Crippen molar-refractivity contribution in [3.63, 3.8) is 0 Å². The molecule has 2 aromatic rings. The molecule has 23 heavy (non-hydrogen) atoms. The van der Waals surface area contributed by atoms with Crippen molar-refractivity contribution in [2.75, 3.05) is 25.0 Å². The molecule has 3 heterocycles. The fraction of sp³-hybridized carbons (Fsp3) is 0.438. The van der Waals surface area contributed by atoms with Crippen LogP contribution in [0.2, 0.25) is 0 Å². The molecule has 7 heteroatoms. The lowest BCUT2D eigenvalue weighted by Crippen LogP contribution is -2.31. The Morgan fingerprint density at radius 1 is 1.35 bits per heavy atom. The third-order valence-electron chi connectivity index (χ3n) is 4.02. The van der Waals surface area contributed by atoms with Gasteiger partial charge in [0.1, 0.15) is 17.3 Å². The number of aromatic carboxylic acids is 1. The highest BCUT2D eigenvalue weighted by molar-refractivity contribution is 5.84. The Bertz CT molecular complexity index is 662. The third-order valence-corrected chi connectivity index (χ3v) is 4.02. The monoisotopic (exact) mass is 316 g/mol. The minimum Gasteiger partial charge on any atom is -0.476 e. The number of hydrogen-bond acceptors (Lipinski definition) is 6. The first kappa shape index (κ1) is 15.5. The molecular weight excluding hydrogens is 296 g/mol. The van der Waals surface area contributed by atoms with Gasteiger partial charge in [0.15, 0.2) is 5.69 Å². The predicted octanol–water partition coefficient (Wildman–Crippen LogP) is 2.33. The van der Waals surface area contributed by atoms with Gasteiger partial charge in [0.2, 0.25) is 0 Å². The van der Waals surface area contributed by atoms with Crippen LogP contribution in [0, 0.1) is 6.92 Å². The molecule has 7 nitrogen and oxygen atoms in total. The standard InChI is InChI=1S/C16H20N4O3/c1-11-4-5-14(23-11)13(20-6-2-3-7-20)9-19-15-10-17-12(8-18-15)16(21)22/h4-5,8,10,13H,2-3,6-7,9H2,1H3,(H,18,19)(H,21,22). The third kappa shape index (κ3) is 3.68. The van der Waals surface area contributed by atoms with Gasteiger partial charge >= 0.3 is 5.97 Å². The summed E-state index contributed by atoms with van der Waals surface area (Å²) < 4.78 is 5.80. The minimum atomic E-state index is -1.08. The quantitative estimate of drug-likeness (QED) is 0.845. The Balaban J connectivity index is 1.69. The van der Waals surface area contributed by atoms with Crippen LogP contribution in [-0.4, -0.2) is 45.6 Å². The maximum Gasteiger partial charge on any atom is 0.356 e. The van der Waals surface area contributed by atoms with Crippen molar-refractivity contribution in [3.8, 4) is 0 Å². The number of carboxylic acids is 1.